The van der Waals surface area contributed by atoms with Gasteiger partial charge in [0.05, 0.1) is 0 Å². The third-order valence-corrected chi connectivity index (χ3v) is 3.77. The van der Waals surface area contributed by atoms with E-state index >= 15 is 0 Å². The van der Waals surface area contributed by atoms with Crippen LogP contribution in [0, 0.1) is 0 Å². The van der Waals surface area contributed by atoms with E-state index in [1.54, 1.807) is 12.4 Å². The highest BCUT2D eigenvalue weighted by Crippen LogP contribution is 2.21. The summed E-state index contributed by atoms with van der Waals surface area (Å²) in [7, 11) is -2.07. The first-order chi connectivity index (χ1) is 10.8. The summed E-state index contributed by atoms with van der Waals surface area (Å²) in [6.07, 6.45) is 12.9. The highest BCUT2D eigenvalue weighted by molar-refractivity contribution is 7.33. The van der Waals surface area contributed by atoms with Crippen molar-refractivity contribution in [2.75, 3.05) is 26.3 Å². The minimum Gasteiger partial charge on any atom is -0.295 e. The molecule has 0 fully saturated rings. The second-order valence-corrected chi connectivity index (χ2v) is 6.08. The van der Waals surface area contributed by atoms with E-state index in [-0.39, 0.29) is 13.2 Å². The Balaban J connectivity index is 3.35. The average molecular weight is 331 g/mol. The van der Waals surface area contributed by atoms with Crippen LogP contribution in [0.3, 0.4) is 0 Å². The highest BCUT2D eigenvalue weighted by atomic mass is 31.1. The van der Waals surface area contributed by atoms with Gasteiger partial charge in [-0.2, -0.15) is 0 Å². The Bertz CT molecular complexity index is 282. The Morgan fingerprint density at radius 1 is 0.773 bits per heavy atom. The van der Waals surface area contributed by atoms with E-state index in [1.807, 2.05) is 0 Å². The van der Waals surface area contributed by atoms with Crippen LogP contribution in [0.2, 0.25) is 0 Å². The number of nitrogens with zero attached hydrogens (tertiary/aromatic N) is 2. The van der Waals surface area contributed by atoms with Gasteiger partial charge in [-0.1, -0.05) is 52.4 Å². The van der Waals surface area contributed by atoms with E-state index in [9.17, 15) is 4.57 Å². The molecule has 5 nitrogen and oxygen atoms in total. The Morgan fingerprint density at radius 3 is 1.64 bits per heavy atom. The molecule has 0 heterocycles. The lowest BCUT2D eigenvalue weighted by Crippen LogP contribution is -1.94. The number of hydrogen-bond donors (Lipinski definition) is 0. The third-order valence-electron chi connectivity index (χ3n) is 3.05. The fraction of sp³-hybridized carbons (Fsp3) is 0.875. The van der Waals surface area contributed by atoms with Gasteiger partial charge in [-0.25, -0.2) is 0 Å². The van der Waals surface area contributed by atoms with Crippen molar-refractivity contribution in [3.8, 4) is 0 Å². The summed E-state index contributed by atoms with van der Waals surface area (Å²) >= 11 is 0. The highest BCUT2D eigenvalue weighted by Gasteiger charge is 2.17. The van der Waals surface area contributed by atoms with Crippen LogP contribution >= 0.6 is 8.25 Å². The molecule has 0 aliphatic rings. The molecule has 0 aliphatic carbocycles. The summed E-state index contributed by atoms with van der Waals surface area (Å²) in [5.41, 5.74) is 0. The molecule has 0 rings (SSSR count). The molecule has 0 aromatic rings. The van der Waals surface area contributed by atoms with Crippen molar-refractivity contribution >= 4 is 20.7 Å². The molecule has 0 aromatic carbocycles. The molecule has 0 unspecified atom stereocenters. The monoisotopic (exact) mass is 331 g/mol. The zero-order chi connectivity index (χ0) is 16.3. The van der Waals surface area contributed by atoms with Crippen LogP contribution in [0.15, 0.2) is 9.98 Å². The van der Waals surface area contributed by atoms with Crippen LogP contribution in [0.25, 0.3) is 0 Å². The second kappa shape index (κ2) is 18.4. The van der Waals surface area contributed by atoms with Crippen molar-refractivity contribution < 1.29 is 13.6 Å². The average Bonchev–Trinajstić information content (AvgIpc) is 2.52. The zero-order valence-corrected chi connectivity index (χ0v) is 15.1. The normalized spacial score (nSPS) is 12.5. The molecule has 0 spiro atoms. The molecule has 0 atom stereocenters. The fourth-order valence-electron chi connectivity index (χ4n) is 1.77. The minimum absolute atomic E-state index is 0.233. The maximum atomic E-state index is 11.4. The van der Waals surface area contributed by atoms with E-state index in [4.69, 9.17) is 9.05 Å². The third kappa shape index (κ3) is 17.4. The molecule has 0 bridgehead atoms. The van der Waals surface area contributed by atoms with E-state index in [1.165, 1.54) is 38.5 Å². The van der Waals surface area contributed by atoms with Crippen molar-refractivity contribution in [3.63, 3.8) is 0 Å². The van der Waals surface area contributed by atoms with Gasteiger partial charge in [0.15, 0.2) is 0 Å². The Labute approximate surface area is 136 Å². The van der Waals surface area contributed by atoms with E-state index < -0.39 is 8.25 Å². The lowest BCUT2D eigenvalue weighted by Gasteiger charge is -1.93. The number of aliphatic imine (C=N–C) groups is 2. The summed E-state index contributed by atoms with van der Waals surface area (Å²) in [5, 5.41) is 0. The molecule has 128 valence electrons. The lowest BCUT2D eigenvalue weighted by atomic mass is 10.2. The van der Waals surface area contributed by atoms with Gasteiger partial charge in [0, 0.05) is 30.1 Å². The van der Waals surface area contributed by atoms with Crippen LogP contribution < -0.4 is 0 Å². The molecular formula is C16H32N2O3P+. The smallest absolute Gasteiger partial charge is 0.295 e. The Morgan fingerprint density at radius 2 is 1.23 bits per heavy atom. The summed E-state index contributed by atoms with van der Waals surface area (Å²) in [5.74, 6) is 0. The van der Waals surface area contributed by atoms with Gasteiger partial charge in [0.1, 0.15) is 13.2 Å². The standard InChI is InChI=1S/C16H32N2O3P/c1-3-5-7-9-11-17-13-15-20-22(19)21-16-14-18-12-10-8-6-4-2/h13-14H,3-12,15-16H2,1-2H3/q+1. The first-order valence-corrected chi connectivity index (χ1v) is 9.60. The fourth-order valence-corrected chi connectivity index (χ4v) is 2.22. The second-order valence-electron chi connectivity index (χ2n) is 5.11. The van der Waals surface area contributed by atoms with Gasteiger partial charge >= 0.3 is 8.25 Å². The number of rotatable bonds is 16. The van der Waals surface area contributed by atoms with Crippen LogP contribution in [-0.2, 0) is 13.6 Å². The molecule has 0 aromatic heterocycles. The molecule has 0 saturated heterocycles. The zero-order valence-electron chi connectivity index (χ0n) is 14.2. The van der Waals surface area contributed by atoms with E-state index in [0.717, 1.165) is 25.9 Å². The van der Waals surface area contributed by atoms with Crippen molar-refractivity contribution in [2.45, 2.75) is 65.2 Å². The van der Waals surface area contributed by atoms with Crippen molar-refractivity contribution in [2.24, 2.45) is 9.98 Å². The Kier molecular flexibility index (Phi) is 17.9. The predicted molar refractivity (Wildman–Crippen MR) is 94.5 cm³/mol. The number of hydrogen-bond acceptors (Lipinski definition) is 5. The molecule has 0 N–H and O–H groups in total. The van der Waals surface area contributed by atoms with Gasteiger partial charge in [-0.05, 0) is 12.8 Å². The minimum atomic E-state index is -2.07. The first-order valence-electron chi connectivity index (χ1n) is 8.50. The molecule has 0 radical (unpaired) electrons. The number of unbranched alkanes of at least 4 members (excludes halogenated alkanes) is 6. The lowest BCUT2D eigenvalue weighted by molar-refractivity contribution is 0.274. The summed E-state index contributed by atoms with van der Waals surface area (Å²) in [6, 6.07) is 0. The van der Waals surface area contributed by atoms with Gasteiger partial charge < -0.3 is 0 Å². The van der Waals surface area contributed by atoms with Crippen LogP contribution in [0.4, 0.5) is 0 Å². The predicted octanol–water partition coefficient (Wildman–Crippen LogP) is 4.98. The Hall–Kier alpha value is -0.640. The van der Waals surface area contributed by atoms with Crippen LogP contribution in [-0.4, -0.2) is 38.7 Å². The molecule has 0 amide bonds. The first kappa shape index (κ1) is 21.4. The molecule has 0 aliphatic heterocycles. The SMILES string of the molecule is CCCCCCN=CCO[P+](=O)OCC=NCCCCCC. The van der Waals surface area contributed by atoms with E-state index in [0.29, 0.717) is 0 Å². The topological polar surface area (TPSA) is 60.2 Å². The largest absolute Gasteiger partial charge is 0.698 e. The molecule has 0 saturated carbocycles. The molecule has 22 heavy (non-hydrogen) atoms. The quantitative estimate of drug-likeness (QED) is 0.228. The van der Waals surface area contributed by atoms with Crippen LogP contribution in [0.5, 0.6) is 0 Å². The molecule has 6 heteroatoms. The van der Waals surface area contributed by atoms with E-state index in [2.05, 4.69) is 23.8 Å². The summed E-state index contributed by atoms with van der Waals surface area (Å²) < 4.78 is 21.4. The van der Waals surface area contributed by atoms with Gasteiger partial charge in [0.25, 0.3) is 0 Å². The van der Waals surface area contributed by atoms with Crippen LogP contribution in [0.1, 0.15) is 65.2 Å². The molecular weight excluding hydrogens is 299 g/mol. The summed E-state index contributed by atoms with van der Waals surface area (Å²) in [6.45, 7) is 6.46. The van der Waals surface area contributed by atoms with Crippen molar-refractivity contribution in [1.29, 1.82) is 0 Å². The maximum Gasteiger partial charge on any atom is 0.698 e. The summed E-state index contributed by atoms with van der Waals surface area (Å²) in [4.78, 5) is 8.40. The van der Waals surface area contributed by atoms with Crippen molar-refractivity contribution in [1.82, 2.24) is 0 Å². The van der Waals surface area contributed by atoms with Gasteiger partial charge in [0.2, 0.25) is 0 Å². The van der Waals surface area contributed by atoms with Crippen molar-refractivity contribution in [3.05, 3.63) is 0 Å². The van der Waals surface area contributed by atoms with Gasteiger partial charge in [-0.15, -0.1) is 9.05 Å². The maximum absolute atomic E-state index is 11.4. The van der Waals surface area contributed by atoms with Gasteiger partial charge in [-0.3, -0.25) is 9.98 Å².